The van der Waals surface area contributed by atoms with Crippen molar-refractivity contribution in [1.82, 2.24) is 18.7 Å². The van der Waals surface area contributed by atoms with E-state index < -0.39 is 8.32 Å². The van der Waals surface area contributed by atoms with Crippen LogP contribution in [0, 0.1) is 5.92 Å². The third-order valence-corrected chi connectivity index (χ3v) is 9.34. The van der Waals surface area contributed by atoms with Crippen LogP contribution in [0.5, 0.6) is 5.75 Å². The molecule has 214 valence electrons. The molecule has 9 heteroatoms. The van der Waals surface area contributed by atoms with Crippen LogP contribution in [-0.4, -0.2) is 27.0 Å². The number of ether oxygens (including phenoxy) is 1. The summed E-state index contributed by atoms with van der Waals surface area (Å²) >= 11 is 0. The molecule has 0 N–H and O–H groups in total. The quantitative estimate of drug-likeness (QED) is 0.180. The summed E-state index contributed by atoms with van der Waals surface area (Å²) in [5, 5.41) is 0. The highest BCUT2D eigenvalue weighted by molar-refractivity contribution is 6.71. The molecule has 0 spiro atoms. The molecule has 2 aromatic heterocycles. The van der Waals surface area contributed by atoms with Crippen LogP contribution in [0.3, 0.4) is 0 Å². The average molecular weight is 563 g/mol. The number of hydrogen-bond donors (Lipinski definition) is 0. The van der Waals surface area contributed by atoms with Crippen LogP contribution >= 0.6 is 0 Å². The van der Waals surface area contributed by atoms with Gasteiger partial charge in [-0.3, -0.25) is 18.5 Å². The molecule has 4 rings (SSSR count). The number of aryl methyl sites for hydroxylation is 1. The lowest BCUT2D eigenvalue weighted by molar-refractivity contribution is 0.0673. The van der Waals surface area contributed by atoms with Crippen molar-refractivity contribution >= 4 is 19.5 Å². The summed E-state index contributed by atoms with van der Waals surface area (Å²) in [4.78, 5) is 31.9. The third-order valence-electron chi connectivity index (χ3n) is 6.75. The minimum Gasteiger partial charge on any atom is -0.544 e. The highest BCUT2D eigenvalue weighted by Crippen LogP contribution is 2.28. The lowest BCUT2D eigenvalue weighted by Gasteiger charge is -2.26. The molecule has 0 aliphatic carbocycles. The summed E-state index contributed by atoms with van der Waals surface area (Å²) in [6.45, 7) is 14.2. The van der Waals surface area contributed by atoms with Gasteiger partial charge in [-0.1, -0.05) is 58.0 Å². The Morgan fingerprint density at radius 2 is 1.52 bits per heavy atom. The molecule has 0 aliphatic rings. The summed E-state index contributed by atoms with van der Waals surface area (Å²) in [6.07, 6.45) is 1.42. The zero-order valence-electron chi connectivity index (χ0n) is 24.6. The van der Waals surface area contributed by atoms with Crippen molar-refractivity contribution in [3.63, 3.8) is 0 Å². The van der Waals surface area contributed by atoms with Gasteiger partial charge in [-0.15, -0.1) is 0 Å². The smallest absolute Gasteiger partial charge is 0.332 e. The molecule has 0 fully saturated rings. The van der Waals surface area contributed by atoms with Gasteiger partial charge in [0.25, 0.3) is 5.56 Å². The van der Waals surface area contributed by atoms with Crippen molar-refractivity contribution in [3.05, 3.63) is 81.0 Å². The SMILES string of the molecule is CCCn1c(=O)c2c(nc(-c3ccc(O[Si](C)(C)CC(C)C)cc3)n2COCc2ccccc2)n(CCC)c1=O. The monoisotopic (exact) mass is 562 g/mol. The second-order valence-corrected chi connectivity index (χ2v) is 15.5. The fourth-order valence-electron chi connectivity index (χ4n) is 5.33. The summed E-state index contributed by atoms with van der Waals surface area (Å²) in [7, 11) is -1.86. The van der Waals surface area contributed by atoms with Gasteiger partial charge in [0.1, 0.15) is 18.3 Å². The second-order valence-electron chi connectivity index (χ2n) is 11.4. The van der Waals surface area contributed by atoms with E-state index in [0.717, 1.165) is 29.3 Å². The van der Waals surface area contributed by atoms with Gasteiger partial charge in [-0.05, 0) is 67.7 Å². The van der Waals surface area contributed by atoms with Gasteiger partial charge in [-0.25, -0.2) is 9.78 Å². The Kier molecular flexibility index (Phi) is 9.47. The van der Waals surface area contributed by atoms with Gasteiger partial charge >= 0.3 is 5.69 Å². The fourth-order valence-corrected chi connectivity index (χ4v) is 8.15. The number of aromatic nitrogens is 4. The maximum Gasteiger partial charge on any atom is 0.332 e. The van der Waals surface area contributed by atoms with Crippen LogP contribution in [0.4, 0.5) is 0 Å². The standard InChI is InChI=1S/C31H42N4O4Si/c1-7-18-33-29-27(30(36)34(19-8-2)31(33)37)35(22-38-20-24-12-10-9-11-13-24)28(32-29)25-14-16-26(17-15-25)39-40(5,6)21-23(3)4/h9-17,23H,7-8,18-22H2,1-6H3. The molecule has 0 atom stereocenters. The minimum atomic E-state index is -1.86. The predicted molar refractivity (Wildman–Crippen MR) is 163 cm³/mol. The molecule has 0 unspecified atom stereocenters. The van der Waals surface area contributed by atoms with Crippen molar-refractivity contribution in [2.24, 2.45) is 5.92 Å². The summed E-state index contributed by atoms with van der Waals surface area (Å²) in [5.41, 5.74) is 1.99. The van der Waals surface area contributed by atoms with E-state index in [0.29, 0.717) is 49.0 Å². The highest BCUT2D eigenvalue weighted by Gasteiger charge is 2.26. The topological polar surface area (TPSA) is 80.3 Å². The molecule has 4 aromatic rings. The first-order valence-electron chi connectivity index (χ1n) is 14.3. The molecule has 0 aliphatic heterocycles. The maximum absolute atomic E-state index is 13.7. The largest absolute Gasteiger partial charge is 0.544 e. The second kappa shape index (κ2) is 12.8. The number of rotatable bonds is 13. The minimum absolute atomic E-state index is 0.124. The molecule has 0 radical (unpaired) electrons. The molecule has 0 saturated carbocycles. The maximum atomic E-state index is 13.7. The number of fused-ring (bicyclic) bond motifs is 1. The summed E-state index contributed by atoms with van der Waals surface area (Å²) in [5.74, 6) is 2.00. The van der Waals surface area contributed by atoms with Gasteiger partial charge in [0.2, 0.25) is 8.32 Å². The third kappa shape index (κ3) is 6.64. The summed E-state index contributed by atoms with van der Waals surface area (Å²) < 4.78 is 17.3. The Morgan fingerprint density at radius 3 is 2.15 bits per heavy atom. The Labute approximate surface area is 237 Å². The predicted octanol–water partition coefficient (Wildman–Crippen LogP) is 6.26. The van der Waals surface area contributed by atoms with Crippen LogP contribution in [0.2, 0.25) is 19.1 Å². The molecule has 0 saturated heterocycles. The van der Waals surface area contributed by atoms with Crippen LogP contribution in [0.1, 0.15) is 46.1 Å². The van der Waals surface area contributed by atoms with Gasteiger partial charge in [0.05, 0.1) is 6.61 Å². The lowest BCUT2D eigenvalue weighted by atomic mass is 10.2. The normalized spacial score (nSPS) is 12.0. The van der Waals surface area contributed by atoms with Crippen LogP contribution in [-0.2, 0) is 31.2 Å². The summed E-state index contributed by atoms with van der Waals surface area (Å²) in [6, 6.07) is 18.9. The van der Waals surface area contributed by atoms with E-state index in [1.165, 1.54) is 4.57 Å². The molecule has 0 bridgehead atoms. The first-order chi connectivity index (χ1) is 19.1. The number of benzene rings is 2. The van der Waals surface area contributed by atoms with E-state index in [4.69, 9.17) is 14.1 Å². The van der Waals surface area contributed by atoms with E-state index in [2.05, 4.69) is 26.9 Å². The van der Waals surface area contributed by atoms with Crippen molar-refractivity contribution in [2.45, 2.75) is 86.1 Å². The average Bonchev–Trinajstić information content (AvgIpc) is 3.28. The Hall–Kier alpha value is -3.43. The van der Waals surface area contributed by atoms with Crippen molar-refractivity contribution in [3.8, 4) is 17.1 Å². The molecule has 2 heterocycles. The molecule has 40 heavy (non-hydrogen) atoms. The van der Waals surface area contributed by atoms with E-state index in [9.17, 15) is 9.59 Å². The zero-order chi connectivity index (χ0) is 28.9. The van der Waals surface area contributed by atoms with Gasteiger partial charge in [-0.2, -0.15) is 0 Å². The molecular formula is C31H42N4O4Si. The highest BCUT2D eigenvalue weighted by atomic mass is 28.4. The molecule has 0 amide bonds. The molecule has 2 aromatic carbocycles. The first kappa shape index (κ1) is 29.5. The fraction of sp³-hybridized carbons (Fsp3) is 0.452. The molecular weight excluding hydrogens is 520 g/mol. The van der Waals surface area contributed by atoms with Crippen molar-refractivity contribution in [2.75, 3.05) is 0 Å². The van der Waals surface area contributed by atoms with E-state index >= 15 is 0 Å². The molecule has 8 nitrogen and oxygen atoms in total. The van der Waals surface area contributed by atoms with Gasteiger partial charge in [0.15, 0.2) is 11.2 Å². The van der Waals surface area contributed by atoms with Crippen molar-refractivity contribution in [1.29, 1.82) is 0 Å². The first-order valence-corrected chi connectivity index (χ1v) is 17.4. The van der Waals surface area contributed by atoms with E-state index in [1.54, 1.807) is 4.57 Å². The number of hydrogen-bond acceptors (Lipinski definition) is 5. The van der Waals surface area contributed by atoms with Gasteiger partial charge < -0.3 is 9.16 Å². The Morgan fingerprint density at radius 1 is 0.875 bits per heavy atom. The lowest BCUT2D eigenvalue weighted by Crippen LogP contribution is -2.40. The van der Waals surface area contributed by atoms with E-state index in [1.807, 2.05) is 73.0 Å². The van der Waals surface area contributed by atoms with Crippen molar-refractivity contribution < 1.29 is 9.16 Å². The van der Waals surface area contributed by atoms with E-state index in [-0.39, 0.29) is 18.0 Å². The van der Waals surface area contributed by atoms with Crippen LogP contribution < -0.4 is 15.7 Å². The Balaban J connectivity index is 1.80. The Bertz CT molecular complexity index is 1540. The van der Waals surface area contributed by atoms with Crippen LogP contribution in [0.25, 0.3) is 22.6 Å². The number of nitrogens with zero attached hydrogens (tertiary/aromatic N) is 4. The van der Waals surface area contributed by atoms with Gasteiger partial charge in [0, 0.05) is 18.7 Å². The number of imidazole rings is 1. The van der Waals surface area contributed by atoms with Crippen LogP contribution in [0.15, 0.2) is 64.2 Å². The zero-order valence-corrected chi connectivity index (χ0v) is 25.6.